The van der Waals surface area contributed by atoms with Crippen molar-refractivity contribution in [1.29, 1.82) is 0 Å². The van der Waals surface area contributed by atoms with Gasteiger partial charge in [0.05, 0.1) is 0 Å². The van der Waals surface area contributed by atoms with Gasteiger partial charge in [0.1, 0.15) is 11.3 Å². The number of benzene rings is 1. The molecular weight excluding hydrogens is 334 g/mol. The topological polar surface area (TPSA) is 55.4 Å². The van der Waals surface area contributed by atoms with Gasteiger partial charge in [-0.3, -0.25) is 4.79 Å². The van der Waals surface area contributed by atoms with Crippen LogP contribution < -0.4 is 5.32 Å². The van der Waals surface area contributed by atoms with Crippen molar-refractivity contribution in [2.45, 2.75) is 12.8 Å². The second-order valence-corrected chi connectivity index (χ2v) is 5.50. The molecule has 1 aromatic carbocycles. The van der Waals surface area contributed by atoms with Gasteiger partial charge in [-0.05, 0) is 46.6 Å². The molecule has 0 radical (unpaired) electrons. The van der Waals surface area contributed by atoms with Crippen molar-refractivity contribution >= 4 is 32.8 Å². The highest BCUT2D eigenvalue weighted by atomic mass is 79.9. The van der Waals surface area contributed by atoms with E-state index in [1.165, 1.54) is 0 Å². The van der Waals surface area contributed by atoms with E-state index in [0.717, 1.165) is 29.6 Å². The van der Waals surface area contributed by atoms with Crippen LogP contribution in [0.4, 0.5) is 0 Å². The average Bonchev–Trinajstić information content (AvgIpc) is 3.09. The molecule has 1 amide bonds. The third kappa shape index (κ3) is 3.36. The highest BCUT2D eigenvalue weighted by Gasteiger charge is 2.09. The maximum absolute atomic E-state index is 11.8. The molecule has 0 aliphatic carbocycles. The number of aryl methyl sites for hydroxylation is 1. The van der Waals surface area contributed by atoms with Crippen LogP contribution in [0.15, 0.2) is 56.0 Å². The van der Waals surface area contributed by atoms with Gasteiger partial charge < -0.3 is 14.2 Å². The van der Waals surface area contributed by atoms with Crippen molar-refractivity contribution in [2.24, 2.45) is 0 Å². The Morgan fingerprint density at radius 3 is 2.76 bits per heavy atom. The lowest BCUT2D eigenvalue weighted by molar-refractivity contribution is 0.0924. The summed E-state index contributed by atoms with van der Waals surface area (Å²) in [7, 11) is 0. The number of furan rings is 2. The SMILES string of the molecule is O=C(NCCCc1cc2ccccc2o1)c1ccc(Br)o1. The van der Waals surface area contributed by atoms with Crippen LogP contribution in [0, 0.1) is 0 Å². The second kappa shape index (κ2) is 6.18. The summed E-state index contributed by atoms with van der Waals surface area (Å²) in [5.74, 6) is 1.04. The fourth-order valence-electron chi connectivity index (χ4n) is 2.15. The zero-order valence-electron chi connectivity index (χ0n) is 11.3. The Labute approximate surface area is 130 Å². The molecule has 3 rings (SSSR count). The van der Waals surface area contributed by atoms with Crippen LogP contribution in [0.5, 0.6) is 0 Å². The monoisotopic (exact) mass is 347 g/mol. The van der Waals surface area contributed by atoms with E-state index in [0.29, 0.717) is 17.0 Å². The number of carbonyl (C=O) groups is 1. The number of fused-ring (bicyclic) bond motifs is 1. The molecular formula is C16H14BrNO3. The third-order valence-corrected chi connectivity index (χ3v) is 3.59. The van der Waals surface area contributed by atoms with Gasteiger partial charge in [-0.1, -0.05) is 18.2 Å². The smallest absolute Gasteiger partial charge is 0.287 e. The van der Waals surface area contributed by atoms with Crippen LogP contribution in [0.25, 0.3) is 11.0 Å². The van der Waals surface area contributed by atoms with E-state index in [1.807, 2.05) is 30.3 Å². The van der Waals surface area contributed by atoms with Gasteiger partial charge in [0.15, 0.2) is 10.4 Å². The van der Waals surface area contributed by atoms with Crippen molar-refractivity contribution in [3.05, 3.63) is 58.7 Å². The quantitative estimate of drug-likeness (QED) is 0.705. The number of halogens is 1. The molecule has 2 heterocycles. The van der Waals surface area contributed by atoms with Crippen LogP contribution >= 0.6 is 15.9 Å². The Morgan fingerprint density at radius 1 is 1.14 bits per heavy atom. The van der Waals surface area contributed by atoms with Gasteiger partial charge in [0, 0.05) is 18.4 Å². The number of hydrogen-bond acceptors (Lipinski definition) is 3. The van der Waals surface area contributed by atoms with Gasteiger partial charge >= 0.3 is 0 Å². The van der Waals surface area contributed by atoms with Gasteiger partial charge in [-0.2, -0.15) is 0 Å². The lowest BCUT2D eigenvalue weighted by atomic mass is 10.2. The average molecular weight is 348 g/mol. The summed E-state index contributed by atoms with van der Waals surface area (Å²) in [6.07, 6.45) is 1.60. The Hall–Kier alpha value is -2.01. The summed E-state index contributed by atoms with van der Waals surface area (Å²) < 4.78 is 11.5. The maximum atomic E-state index is 11.8. The van der Waals surface area contributed by atoms with E-state index in [-0.39, 0.29) is 5.91 Å². The lowest BCUT2D eigenvalue weighted by Gasteiger charge is -2.01. The van der Waals surface area contributed by atoms with E-state index in [9.17, 15) is 4.79 Å². The highest BCUT2D eigenvalue weighted by molar-refractivity contribution is 9.10. The van der Waals surface area contributed by atoms with Crippen molar-refractivity contribution in [2.75, 3.05) is 6.54 Å². The summed E-state index contributed by atoms with van der Waals surface area (Å²) in [6.45, 7) is 0.578. The lowest BCUT2D eigenvalue weighted by Crippen LogP contribution is -2.24. The fraction of sp³-hybridized carbons (Fsp3) is 0.188. The molecule has 2 aromatic heterocycles. The molecule has 0 unspecified atom stereocenters. The summed E-state index contributed by atoms with van der Waals surface area (Å²) in [6, 6.07) is 13.3. The Balaban J connectivity index is 1.49. The number of amides is 1. The van der Waals surface area contributed by atoms with Crippen molar-refractivity contribution in [3.63, 3.8) is 0 Å². The first kappa shape index (κ1) is 13.9. The third-order valence-electron chi connectivity index (χ3n) is 3.16. The minimum atomic E-state index is -0.203. The van der Waals surface area contributed by atoms with Crippen molar-refractivity contribution in [1.82, 2.24) is 5.32 Å². The summed E-state index contributed by atoms with van der Waals surface area (Å²) in [5.41, 5.74) is 0.900. The predicted octanol–water partition coefficient (Wildman–Crippen LogP) is 4.15. The molecule has 108 valence electrons. The van der Waals surface area contributed by atoms with Crippen molar-refractivity contribution < 1.29 is 13.6 Å². The second-order valence-electron chi connectivity index (χ2n) is 4.71. The molecule has 4 nitrogen and oxygen atoms in total. The molecule has 5 heteroatoms. The normalized spacial score (nSPS) is 10.9. The van der Waals surface area contributed by atoms with E-state index < -0.39 is 0 Å². The first-order chi connectivity index (χ1) is 10.2. The molecule has 0 aliphatic rings. The number of rotatable bonds is 5. The van der Waals surface area contributed by atoms with Gasteiger partial charge in [0.25, 0.3) is 5.91 Å². The van der Waals surface area contributed by atoms with Crippen molar-refractivity contribution in [3.8, 4) is 0 Å². The first-order valence-electron chi connectivity index (χ1n) is 6.73. The van der Waals surface area contributed by atoms with Crippen LogP contribution in [0.1, 0.15) is 22.7 Å². The number of hydrogen-bond donors (Lipinski definition) is 1. The fourth-order valence-corrected chi connectivity index (χ4v) is 2.45. The van der Waals surface area contributed by atoms with E-state index in [1.54, 1.807) is 12.1 Å². The molecule has 21 heavy (non-hydrogen) atoms. The zero-order valence-corrected chi connectivity index (χ0v) is 12.9. The Kier molecular flexibility index (Phi) is 4.10. The van der Waals surface area contributed by atoms with E-state index >= 15 is 0 Å². The van der Waals surface area contributed by atoms with Gasteiger partial charge in [-0.25, -0.2) is 0 Å². The van der Waals surface area contributed by atoms with Crippen LogP contribution in [-0.4, -0.2) is 12.5 Å². The molecule has 0 atom stereocenters. The van der Waals surface area contributed by atoms with E-state index in [2.05, 4.69) is 21.2 Å². The predicted molar refractivity (Wildman–Crippen MR) is 83.3 cm³/mol. The van der Waals surface area contributed by atoms with Crippen LogP contribution in [0.3, 0.4) is 0 Å². The molecule has 0 fully saturated rings. The summed E-state index contributed by atoms with van der Waals surface area (Å²) >= 11 is 3.17. The van der Waals surface area contributed by atoms with E-state index in [4.69, 9.17) is 8.83 Å². The largest absolute Gasteiger partial charge is 0.461 e. The minimum absolute atomic E-state index is 0.203. The Morgan fingerprint density at radius 2 is 2.00 bits per heavy atom. The standard InChI is InChI=1S/C16H14BrNO3/c17-15-8-7-14(21-15)16(19)18-9-3-5-12-10-11-4-1-2-6-13(11)20-12/h1-2,4,6-8,10H,3,5,9H2,(H,18,19). The maximum Gasteiger partial charge on any atom is 0.287 e. The Bertz CT molecular complexity index is 727. The molecule has 3 aromatic rings. The van der Waals surface area contributed by atoms with Gasteiger partial charge in [0.2, 0.25) is 0 Å². The number of nitrogens with one attached hydrogen (secondary N) is 1. The highest BCUT2D eigenvalue weighted by Crippen LogP contribution is 2.19. The van der Waals surface area contributed by atoms with Crippen LogP contribution in [0.2, 0.25) is 0 Å². The summed E-state index contributed by atoms with van der Waals surface area (Å²) in [5, 5.41) is 3.93. The molecule has 0 aliphatic heterocycles. The molecule has 0 saturated carbocycles. The molecule has 0 bridgehead atoms. The number of carbonyl (C=O) groups excluding carboxylic acids is 1. The zero-order chi connectivity index (χ0) is 14.7. The summed E-state index contributed by atoms with van der Waals surface area (Å²) in [4.78, 5) is 11.8. The molecule has 0 spiro atoms. The van der Waals surface area contributed by atoms with Gasteiger partial charge in [-0.15, -0.1) is 0 Å². The first-order valence-corrected chi connectivity index (χ1v) is 7.53. The minimum Gasteiger partial charge on any atom is -0.461 e. The number of para-hydroxylation sites is 1. The van der Waals surface area contributed by atoms with Crippen LogP contribution in [-0.2, 0) is 6.42 Å². The molecule has 1 N–H and O–H groups in total. The molecule has 0 saturated heterocycles.